The maximum absolute atomic E-state index is 11.5. The smallest absolute Gasteiger partial charge is 0.244 e. The zero-order valence-electron chi connectivity index (χ0n) is 18.6. The third-order valence-corrected chi connectivity index (χ3v) is 4.61. The Balaban J connectivity index is 0.00000178. The highest BCUT2D eigenvalue weighted by atomic mass is 16.1. The molecule has 1 amide bonds. The first-order valence-electron chi connectivity index (χ1n) is 9.94. The Hall–Kier alpha value is -2.75. The number of carbonyl (C=O) groups is 1. The van der Waals surface area contributed by atoms with E-state index in [0.29, 0.717) is 6.54 Å². The lowest BCUT2D eigenvalue weighted by Crippen LogP contribution is -2.21. The Kier molecular flexibility index (Phi) is 12.9. The quantitative estimate of drug-likeness (QED) is 0.386. The van der Waals surface area contributed by atoms with Gasteiger partial charge in [0.1, 0.15) is 0 Å². The molecule has 1 aliphatic carbocycles. The molecule has 0 aromatic rings. The summed E-state index contributed by atoms with van der Waals surface area (Å²) in [7, 11) is 0. The fourth-order valence-electron chi connectivity index (χ4n) is 3.08. The van der Waals surface area contributed by atoms with E-state index in [4.69, 9.17) is 12.2 Å². The lowest BCUT2D eigenvalue weighted by Gasteiger charge is -2.32. The molecule has 0 aromatic heterocycles. The second kappa shape index (κ2) is 14.3. The number of amides is 1. The molecule has 0 aliphatic heterocycles. The highest BCUT2D eigenvalue weighted by Crippen LogP contribution is 2.40. The SMILES string of the molecule is C#CCN.C#CCNC(=O)/C=C(C)/C=C/C=C(C)/C=C/C1=C(C)CCCC1(C)C. The third-order valence-electron chi connectivity index (χ3n) is 4.61. The second-order valence-electron chi connectivity index (χ2n) is 7.75. The lowest BCUT2D eigenvalue weighted by molar-refractivity contribution is -0.116. The van der Waals surface area contributed by atoms with Crippen LogP contribution in [0.5, 0.6) is 0 Å². The van der Waals surface area contributed by atoms with Crippen LogP contribution in [0.15, 0.2) is 58.7 Å². The fraction of sp³-hybridized carbons (Fsp3) is 0.423. The molecule has 1 rings (SSSR count). The molecule has 0 spiro atoms. The van der Waals surface area contributed by atoms with Crippen LogP contribution in [-0.4, -0.2) is 19.0 Å². The summed E-state index contributed by atoms with van der Waals surface area (Å²) in [4.78, 5) is 11.5. The van der Waals surface area contributed by atoms with Gasteiger partial charge in [-0.15, -0.1) is 12.8 Å². The van der Waals surface area contributed by atoms with Crippen molar-refractivity contribution in [2.45, 2.75) is 53.9 Å². The molecule has 3 heteroatoms. The summed E-state index contributed by atoms with van der Waals surface area (Å²) in [5, 5.41) is 2.61. The predicted molar refractivity (Wildman–Crippen MR) is 126 cm³/mol. The first kappa shape index (κ1) is 26.2. The molecule has 0 radical (unpaired) electrons. The summed E-state index contributed by atoms with van der Waals surface area (Å²) in [6.45, 7) is 11.5. The molecule has 0 fully saturated rings. The van der Waals surface area contributed by atoms with Crippen molar-refractivity contribution in [2.75, 3.05) is 13.1 Å². The van der Waals surface area contributed by atoms with Crippen LogP contribution in [0.4, 0.5) is 0 Å². The number of allylic oxidation sites excluding steroid dienone is 9. The molecule has 3 N–H and O–H groups in total. The second-order valence-corrected chi connectivity index (χ2v) is 7.75. The first-order valence-corrected chi connectivity index (χ1v) is 9.94. The van der Waals surface area contributed by atoms with Crippen molar-refractivity contribution in [3.63, 3.8) is 0 Å². The zero-order valence-corrected chi connectivity index (χ0v) is 18.6. The molecule has 0 saturated carbocycles. The van der Waals surface area contributed by atoms with Crippen molar-refractivity contribution in [1.29, 1.82) is 0 Å². The van der Waals surface area contributed by atoms with Crippen LogP contribution in [0.3, 0.4) is 0 Å². The number of nitrogens with two attached hydrogens (primary N) is 1. The molecular weight excluding hydrogens is 356 g/mol. The number of rotatable bonds is 6. The van der Waals surface area contributed by atoms with Gasteiger partial charge >= 0.3 is 0 Å². The van der Waals surface area contributed by atoms with Gasteiger partial charge in [-0.25, -0.2) is 0 Å². The summed E-state index contributed by atoms with van der Waals surface area (Å²) in [5.74, 6) is 4.42. The van der Waals surface area contributed by atoms with Crippen LogP contribution in [0.2, 0.25) is 0 Å². The van der Waals surface area contributed by atoms with Gasteiger partial charge in [0.15, 0.2) is 0 Å². The third kappa shape index (κ3) is 11.6. The van der Waals surface area contributed by atoms with Gasteiger partial charge in [0, 0.05) is 6.08 Å². The molecule has 0 heterocycles. The van der Waals surface area contributed by atoms with Crippen molar-refractivity contribution in [2.24, 2.45) is 11.1 Å². The Labute approximate surface area is 177 Å². The van der Waals surface area contributed by atoms with E-state index >= 15 is 0 Å². The molecule has 0 unspecified atom stereocenters. The number of carbonyl (C=O) groups excluding carboxylic acids is 1. The van der Waals surface area contributed by atoms with E-state index in [2.05, 4.69) is 69.5 Å². The maximum Gasteiger partial charge on any atom is 0.244 e. The molecule has 156 valence electrons. The standard InChI is InChI=1S/C23H31NO.C3H5N/c1-7-16-24-22(25)17-19(3)11-8-10-18(2)13-14-21-20(4)12-9-15-23(21,5)6;1-2-3-4/h1,8,10-11,13-14,17H,9,12,15-16H2,2-6H3,(H,24,25);1H,3-4H2/b11-8+,14-13+,18-10+,19-17+;. The Morgan fingerprint density at radius 1 is 1.21 bits per heavy atom. The van der Waals surface area contributed by atoms with Crippen LogP contribution in [0, 0.1) is 30.1 Å². The largest absolute Gasteiger partial charge is 0.342 e. The van der Waals surface area contributed by atoms with Gasteiger partial charge in [-0.05, 0) is 56.6 Å². The molecule has 3 nitrogen and oxygen atoms in total. The highest BCUT2D eigenvalue weighted by Gasteiger charge is 2.26. The molecule has 0 atom stereocenters. The molecule has 0 bridgehead atoms. The van der Waals surface area contributed by atoms with Crippen molar-refractivity contribution >= 4 is 5.91 Å². The van der Waals surface area contributed by atoms with Crippen LogP contribution in [0.1, 0.15) is 53.9 Å². The van der Waals surface area contributed by atoms with Gasteiger partial charge in [-0.2, -0.15) is 0 Å². The van der Waals surface area contributed by atoms with E-state index < -0.39 is 0 Å². The van der Waals surface area contributed by atoms with E-state index in [0.717, 1.165) is 5.57 Å². The van der Waals surface area contributed by atoms with E-state index in [-0.39, 0.29) is 17.9 Å². The van der Waals surface area contributed by atoms with Crippen molar-refractivity contribution in [1.82, 2.24) is 5.32 Å². The average molecular weight is 393 g/mol. The normalized spacial score (nSPS) is 16.8. The molecular formula is C26H36N2O. The van der Waals surface area contributed by atoms with Crippen LogP contribution >= 0.6 is 0 Å². The summed E-state index contributed by atoms with van der Waals surface area (Å²) in [6.07, 6.45) is 25.4. The van der Waals surface area contributed by atoms with Crippen LogP contribution < -0.4 is 11.1 Å². The topological polar surface area (TPSA) is 55.1 Å². The fourth-order valence-corrected chi connectivity index (χ4v) is 3.08. The zero-order chi connectivity index (χ0) is 22.3. The minimum Gasteiger partial charge on any atom is -0.342 e. The van der Waals surface area contributed by atoms with Crippen molar-refractivity contribution in [3.05, 3.63) is 58.7 Å². The summed E-state index contributed by atoms with van der Waals surface area (Å²) < 4.78 is 0. The molecule has 0 aromatic carbocycles. The average Bonchev–Trinajstić information content (AvgIpc) is 2.65. The van der Waals surface area contributed by atoms with Crippen molar-refractivity contribution < 1.29 is 4.79 Å². The van der Waals surface area contributed by atoms with E-state index in [1.807, 2.05) is 19.1 Å². The maximum atomic E-state index is 11.5. The van der Waals surface area contributed by atoms with Crippen molar-refractivity contribution in [3.8, 4) is 24.7 Å². The number of nitrogens with one attached hydrogen (secondary N) is 1. The van der Waals surface area contributed by atoms with E-state index in [1.165, 1.54) is 36.0 Å². The van der Waals surface area contributed by atoms with Gasteiger partial charge in [-0.1, -0.05) is 67.2 Å². The monoisotopic (exact) mass is 392 g/mol. The van der Waals surface area contributed by atoms with Gasteiger partial charge in [0.2, 0.25) is 5.91 Å². The van der Waals surface area contributed by atoms with Gasteiger partial charge < -0.3 is 11.1 Å². The minimum atomic E-state index is -0.164. The highest BCUT2D eigenvalue weighted by molar-refractivity contribution is 5.88. The summed E-state index contributed by atoms with van der Waals surface area (Å²) in [5.41, 5.74) is 10.1. The Morgan fingerprint density at radius 2 is 1.86 bits per heavy atom. The number of hydrogen-bond donors (Lipinski definition) is 2. The lowest BCUT2D eigenvalue weighted by atomic mass is 9.72. The van der Waals surface area contributed by atoms with E-state index in [1.54, 1.807) is 6.08 Å². The predicted octanol–water partition coefficient (Wildman–Crippen LogP) is 4.85. The Bertz CT molecular complexity index is 775. The summed E-state index contributed by atoms with van der Waals surface area (Å²) >= 11 is 0. The van der Waals surface area contributed by atoms with Gasteiger partial charge in [-0.3, -0.25) is 4.79 Å². The first-order chi connectivity index (χ1) is 13.7. The molecule has 29 heavy (non-hydrogen) atoms. The van der Waals surface area contributed by atoms with Gasteiger partial charge in [0.05, 0.1) is 13.1 Å². The molecule has 1 aliphatic rings. The Morgan fingerprint density at radius 3 is 2.41 bits per heavy atom. The minimum absolute atomic E-state index is 0.164. The number of hydrogen-bond acceptors (Lipinski definition) is 2. The molecule has 0 saturated heterocycles. The summed E-state index contributed by atoms with van der Waals surface area (Å²) in [6, 6.07) is 0. The van der Waals surface area contributed by atoms with Crippen LogP contribution in [0.25, 0.3) is 0 Å². The van der Waals surface area contributed by atoms with E-state index in [9.17, 15) is 4.79 Å². The van der Waals surface area contributed by atoms with Gasteiger partial charge in [0.25, 0.3) is 0 Å². The number of terminal acetylenes is 2. The van der Waals surface area contributed by atoms with Crippen LogP contribution in [-0.2, 0) is 4.79 Å².